The Balaban J connectivity index is 2.00. The van der Waals surface area contributed by atoms with Gasteiger partial charge >= 0.3 is 0 Å². The van der Waals surface area contributed by atoms with Crippen LogP contribution in [0.3, 0.4) is 0 Å². The molecule has 0 saturated carbocycles. The van der Waals surface area contributed by atoms with Crippen molar-refractivity contribution in [3.05, 3.63) is 53.6 Å². The van der Waals surface area contributed by atoms with E-state index >= 15 is 0 Å². The average Bonchev–Trinajstić information content (AvgIpc) is 2.93. The normalized spacial score (nSPS) is 12.5. The molecule has 1 heterocycles. The topological polar surface area (TPSA) is 29.9 Å². The van der Waals surface area contributed by atoms with Crippen molar-refractivity contribution in [3.8, 4) is 0 Å². The Morgan fingerprint density at radius 3 is 2.57 bits per heavy atom. The van der Waals surface area contributed by atoms with Gasteiger partial charge in [0.05, 0.1) is 0 Å². The molecule has 1 atom stereocenters. The number of rotatable bonds is 8. The second-order valence-electron chi connectivity index (χ2n) is 5.63. The zero-order chi connectivity index (χ0) is 15.1. The van der Waals surface area contributed by atoms with Crippen molar-refractivity contribution in [3.63, 3.8) is 0 Å². The summed E-state index contributed by atoms with van der Waals surface area (Å²) in [5.74, 6) is 1.15. The third-order valence-corrected chi connectivity index (χ3v) is 3.81. The monoisotopic (exact) mass is 285 g/mol. The van der Waals surface area contributed by atoms with Crippen molar-refractivity contribution in [2.75, 3.05) is 6.54 Å². The third-order valence-electron chi connectivity index (χ3n) is 3.81. The van der Waals surface area contributed by atoms with Crippen LogP contribution in [-0.2, 0) is 13.0 Å². The van der Waals surface area contributed by atoms with Gasteiger partial charge in [-0.25, -0.2) is 4.98 Å². The minimum Gasteiger partial charge on any atom is -0.335 e. The maximum absolute atomic E-state index is 4.48. The fourth-order valence-corrected chi connectivity index (χ4v) is 2.54. The first-order chi connectivity index (χ1) is 10.2. The van der Waals surface area contributed by atoms with Gasteiger partial charge in [-0.2, -0.15) is 0 Å². The summed E-state index contributed by atoms with van der Waals surface area (Å²) in [6.07, 6.45) is 7.19. The van der Waals surface area contributed by atoms with Crippen LogP contribution in [-0.4, -0.2) is 16.1 Å². The minimum absolute atomic E-state index is 0.418. The quantitative estimate of drug-likeness (QED) is 0.796. The van der Waals surface area contributed by atoms with E-state index in [4.69, 9.17) is 0 Å². The van der Waals surface area contributed by atoms with Crippen molar-refractivity contribution in [1.82, 2.24) is 14.9 Å². The summed E-state index contributed by atoms with van der Waals surface area (Å²) in [5.41, 5.74) is 2.68. The molecule has 0 amide bonds. The summed E-state index contributed by atoms with van der Waals surface area (Å²) in [5, 5.41) is 3.52. The molecule has 0 spiro atoms. The van der Waals surface area contributed by atoms with Crippen LogP contribution < -0.4 is 5.32 Å². The number of hydrogen-bond donors (Lipinski definition) is 1. The lowest BCUT2D eigenvalue weighted by atomic mass is 10.0. The molecule has 0 aliphatic heterocycles. The third kappa shape index (κ3) is 4.43. The van der Waals surface area contributed by atoms with E-state index in [1.54, 1.807) is 0 Å². The van der Waals surface area contributed by atoms with E-state index in [-0.39, 0.29) is 0 Å². The van der Waals surface area contributed by atoms with E-state index in [1.807, 2.05) is 6.20 Å². The number of hydrogen-bond acceptors (Lipinski definition) is 2. The van der Waals surface area contributed by atoms with Crippen LogP contribution in [0, 0.1) is 0 Å². The molecule has 2 rings (SSSR count). The molecule has 3 nitrogen and oxygen atoms in total. The molecule has 0 bridgehead atoms. The van der Waals surface area contributed by atoms with Crippen LogP contribution in [0.2, 0.25) is 0 Å². The first kappa shape index (κ1) is 15.8. The van der Waals surface area contributed by atoms with Crippen molar-refractivity contribution >= 4 is 0 Å². The smallest absolute Gasteiger partial charge is 0.113 e. The van der Waals surface area contributed by atoms with Crippen molar-refractivity contribution < 1.29 is 0 Å². The van der Waals surface area contributed by atoms with Gasteiger partial charge in [0.15, 0.2) is 0 Å². The van der Waals surface area contributed by atoms with E-state index < -0.39 is 0 Å². The van der Waals surface area contributed by atoms with Gasteiger partial charge in [-0.15, -0.1) is 0 Å². The fourth-order valence-electron chi connectivity index (χ4n) is 2.54. The van der Waals surface area contributed by atoms with Crippen molar-refractivity contribution in [2.24, 2.45) is 0 Å². The molecule has 21 heavy (non-hydrogen) atoms. The summed E-state index contributed by atoms with van der Waals surface area (Å²) in [6, 6.07) is 9.33. The molecule has 0 aliphatic carbocycles. The molecule has 114 valence electrons. The Morgan fingerprint density at radius 2 is 1.90 bits per heavy atom. The number of nitrogens with one attached hydrogen (secondary N) is 1. The second-order valence-corrected chi connectivity index (χ2v) is 5.63. The summed E-state index contributed by atoms with van der Waals surface area (Å²) < 4.78 is 2.25. The number of imidazole rings is 1. The SMILES string of the molecule is CCCNC(C)c1ccc(Cc2nccn2CCC)cc1. The maximum atomic E-state index is 4.48. The summed E-state index contributed by atoms with van der Waals surface area (Å²) in [6.45, 7) is 8.73. The molecule has 2 aromatic rings. The summed E-state index contributed by atoms with van der Waals surface area (Å²) in [4.78, 5) is 4.48. The van der Waals surface area contributed by atoms with Gasteiger partial charge in [-0.05, 0) is 37.4 Å². The van der Waals surface area contributed by atoms with Gasteiger partial charge in [0.2, 0.25) is 0 Å². The van der Waals surface area contributed by atoms with Crippen molar-refractivity contribution in [1.29, 1.82) is 0 Å². The zero-order valence-corrected chi connectivity index (χ0v) is 13.5. The highest BCUT2D eigenvalue weighted by molar-refractivity contribution is 5.26. The van der Waals surface area contributed by atoms with E-state index in [9.17, 15) is 0 Å². The van der Waals surface area contributed by atoms with Gasteiger partial charge in [0.25, 0.3) is 0 Å². The molecule has 0 aliphatic rings. The molecular weight excluding hydrogens is 258 g/mol. The molecule has 1 aromatic heterocycles. The highest BCUT2D eigenvalue weighted by Crippen LogP contribution is 2.15. The van der Waals surface area contributed by atoms with Gasteiger partial charge < -0.3 is 9.88 Å². The molecule has 1 aromatic carbocycles. The van der Waals surface area contributed by atoms with E-state index in [1.165, 1.54) is 17.5 Å². The maximum Gasteiger partial charge on any atom is 0.113 e. The number of aryl methyl sites for hydroxylation is 1. The Hall–Kier alpha value is -1.61. The molecule has 1 N–H and O–H groups in total. The molecule has 1 unspecified atom stereocenters. The summed E-state index contributed by atoms with van der Waals surface area (Å²) >= 11 is 0. The van der Waals surface area contributed by atoms with E-state index in [0.29, 0.717) is 6.04 Å². The lowest BCUT2D eigenvalue weighted by Gasteiger charge is -2.14. The van der Waals surface area contributed by atoms with Crippen molar-refractivity contribution in [2.45, 2.75) is 52.6 Å². The lowest BCUT2D eigenvalue weighted by Crippen LogP contribution is -2.19. The van der Waals surface area contributed by atoms with E-state index in [0.717, 1.165) is 31.8 Å². The Labute approximate surface area is 128 Å². The molecule has 0 saturated heterocycles. The predicted octanol–water partition coefficient (Wildman–Crippen LogP) is 3.94. The Bertz CT molecular complexity index is 528. The number of aromatic nitrogens is 2. The second kappa shape index (κ2) is 7.99. The Morgan fingerprint density at radius 1 is 1.14 bits per heavy atom. The number of benzene rings is 1. The van der Waals surface area contributed by atoms with Crippen LogP contribution in [0.5, 0.6) is 0 Å². The minimum atomic E-state index is 0.418. The molecular formula is C18H27N3. The zero-order valence-electron chi connectivity index (χ0n) is 13.5. The van der Waals surface area contributed by atoms with Gasteiger partial charge in [-0.1, -0.05) is 38.1 Å². The highest BCUT2D eigenvalue weighted by Gasteiger charge is 2.06. The van der Waals surface area contributed by atoms with Gasteiger partial charge in [0.1, 0.15) is 5.82 Å². The molecule has 0 fully saturated rings. The fraction of sp³-hybridized carbons (Fsp3) is 0.500. The predicted molar refractivity (Wildman–Crippen MR) is 88.5 cm³/mol. The van der Waals surface area contributed by atoms with Crippen LogP contribution in [0.25, 0.3) is 0 Å². The first-order valence-corrected chi connectivity index (χ1v) is 8.06. The number of nitrogens with zero attached hydrogens (tertiary/aromatic N) is 2. The van der Waals surface area contributed by atoms with Gasteiger partial charge in [0, 0.05) is 31.4 Å². The average molecular weight is 285 g/mol. The first-order valence-electron chi connectivity index (χ1n) is 8.06. The van der Waals surface area contributed by atoms with Crippen LogP contribution in [0.15, 0.2) is 36.7 Å². The lowest BCUT2D eigenvalue weighted by molar-refractivity contribution is 0.570. The van der Waals surface area contributed by atoms with E-state index in [2.05, 4.69) is 66.1 Å². The molecule has 0 radical (unpaired) electrons. The van der Waals surface area contributed by atoms with Crippen LogP contribution >= 0.6 is 0 Å². The van der Waals surface area contributed by atoms with Crippen LogP contribution in [0.1, 0.15) is 56.6 Å². The van der Waals surface area contributed by atoms with Crippen LogP contribution in [0.4, 0.5) is 0 Å². The molecule has 3 heteroatoms. The highest BCUT2D eigenvalue weighted by atomic mass is 15.1. The Kier molecular flexibility index (Phi) is 6.00. The summed E-state index contributed by atoms with van der Waals surface area (Å²) in [7, 11) is 0. The largest absolute Gasteiger partial charge is 0.335 e. The standard InChI is InChI=1S/C18H27N3/c1-4-10-19-15(3)17-8-6-16(7-9-17)14-18-20-11-13-21(18)12-5-2/h6-9,11,13,15,19H,4-5,10,12,14H2,1-3H3. The van der Waals surface area contributed by atoms with Gasteiger partial charge in [-0.3, -0.25) is 0 Å².